The number of Topliss-reactive ketones (excluding diaryl/α,β-unsaturated/α-hetero) is 1. The standard InChI is InChI=1S/C31H32N2O4/c1-2-24-30(31(36)37-21-10-3-4-11-21)28(18-8-7-9-20(34)14-18)29-26(33-24)15-19(16-27(29)35)23-17-32-25-13-6-5-12-22(23)25/h5-9,12-14,17,19,21,28,32-34H,2-4,10-11,15-16H2,1H3. The van der Waals surface area contributed by atoms with Crippen LogP contribution in [-0.2, 0) is 14.3 Å². The molecule has 2 atom stereocenters. The molecule has 190 valence electrons. The molecule has 1 aliphatic heterocycles. The molecule has 6 nitrogen and oxygen atoms in total. The summed E-state index contributed by atoms with van der Waals surface area (Å²) in [5.74, 6) is -0.755. The van der Waals surface area contributed by atoms with Crippen LogP contribution in [0.2, 0.25) is 0 Å². The first-order chi connectivity index (χ1) is 18.0. The van der Waals surface area contributed by atoms with Crippen LogP contribution in [0.4, 0.5) is 0 Å². The van der Waals surface area contributed by atoms with E-state index in [1.165, 1.54) is 0 Å². The van der Waals surface area contributed by atoms with E-state index < -0.39 is 5.92 Å². The van der Waals surface area contributed by atoms with E-state index >= 15 is 0 Å². The number of ketones is 1. The number of hydrogen-bond donors (Lipinski definition) is 3. The summed E-state index contributed by atoms with van der Waals surface area (Å²) < 4.78 is 5.97. The molecule has 0 saturated heterocycles. The fraction of sp³-hybridized carbons (Fsp3) is 0.355. The number of aromatic hydroxyl groups is 1. The van der Waals surface area contributed by atoms with Crippen LogP contribution in [0.3, 0.4) is 0 Å². The number of aromatic amines is 1. The fourth-order valence-corrected chi connectivity index (χ4v) is 6.38. The molecule has 1 aromatic heterocycles. The number of allylic oxidation sites excluding steroid dienone is 3. The Labute approximate surface area is 216 Å². The van der Waals surface area contributed by atoms with Crippen LogP contribution in [0.15, 0.2) is 77.3 Å². The summed E-state index contributed by atoms with van der Waals surface area (Å²) in [5, 5.41) is 14.9. The van der Waals surface area contributed by atoms with Gasteiger partial charge in [0.05, 0.1) is 5.57 Å². The molecular formula is C31H32N2O4. The van der Waals surface area contributed by atoms with Crippen molar-refractivity contribution >= 4 is 22.7 Å². The Hall–Kier alpha value is -3.80. The molecule has 0 radical (unpaired) electrons. The number of H-pyrrole nitrogens is 1. The second kappa shape index (κ2) is 9.58. The van der Waals surface area contributed by atoms with E-state index in [4.69, 9.17) is 4.74 Å². The molecular weight excluding hydrogens is 464 g/mol. The lowest BCUT2D eigenvalue weighted by Gasteiger charge is -2.37. The number of aromatic nitrogens is 1. The van der Waals surface area contributed by atoms with Gasteiger partial charge in [-0.25, -0.2) is 4.79 Å². The maximum atomic E-state index is 13.9. The molecule has 6 rings (SSSR count). The molecule has 1 fully saturated rings. The van der Waals surface area contributed by atoms with Gasteiger partial charge in [-0.1, -0.05) is 37.3 Å². The molecule has 2 aromatic carbocycles. The average Bonchev–Trinajstić information content (AvgIpc) is 3.57. The van der Waals surface area contributed by atoms with Crippen molar-refractivity contribution in [2.24, 2.45) is 0 Å². The zero-order chi connectivity index (χ0) is 25.5. The highest BCUT2D eigenvalue weighted by molar-refractivity contribution is 6.04. The third-order valence-corrected chi connectivity index (χ3v) is 8.13. The first-order valence-corrected chi connectivity index (χ1v) is 13.4. The Morgan fingerprint density at radius 3 is 2.68 bits per heavy atom. The lowest BCUT2D eigenvalue weighted by molar-refractivity contribution is -0.144. The van der Waals surface area contributed by atoms with Crippen LogP contribution in [0.1, 0.15) is 74.8 Å². The van der Waals surface area contributed by atoms with E-state index in [0.29, 0.717) is 30.4 Å². The SMILES string of the molecule is CCC1=C(C(=O)OC2CCCC2)C(c2cccc(O)c2)C2=C(CC(c3c[nH]c4ccccc34)CC2=O)N1. The van der Waals surface area contributed by atoms with Gasteiger partial charge in [-0.15, -0.1) is 0 Å². The normalized spacial score (nSPS) is 22.4. The molecule has 3 aliphatic rings. The predicted octanol–water partition coefficient (Wildman–Crippen LogP) is 6.11. The first kappa shape index (κ1) is 23.6. The van der Waals surface area contributed by atoms with Crippen molar-refractivity contribution in [1.82, 2.24) is 10.3 Å². The summed E-state index contributed by atoms with van der Waals surface area (Å²) in [7, 11) is 0. The minimum atomic E-state index is -0.566. The van der Waals surface area contributed by atoms with Crippen molar-refractivity contribution < 1.29 is 19.4 Å². The molecule has 2 heterocycles. The highest BCUT2D eigenvalue weighted by atomic mass is 16.5. The van der Waals surface area contributed by atoms with Crippen LogP contribution >= 0.6 is 0 Å². The molecule has 0 bridgehead atoms. The maximum Gasteiger partial charge on any atom is 0.337 e. The second-order valence-corrected chi connectivity index (χ2v) is 10.4. The van der Waals surface area contributed by atoms with Gasteiger partial charge in [0.1, 0.15) is 11.9 Å². The number of dihydropyridines is 1. The third kappa shape index (κ3) is 4.24. The highest BCUT2D eigenvalue weighted by Crippen LogP contribution is 2.47. The molecule has 2 unspecified atom stereocenters. The summed E-state index contributed by atoms with van der Waals surface area (Å²) in [5.41, 5.74) is 5.72. The lowest BCUT2D eigenvalue weighted by atomic mass is 9.71. The van der Waals surface area contributed by atoms with Crippen LogP contribution in [0.5, 0.6) is 5.75 Å². The number of carbonyl (C=O) groups excluding carboxylic acids is 2. The van der Waals surface area contributed by atoms with Gasteiger partial charge in [0.25, 0.3) is 0 Å². The number of phenolic OH excluding ortho intramolecular Hbond substituents is 1. The number of carbonyl (C=O) groups is 2. The van der Waals surface area contributed by atoms with Crippen LogP contribution in [-0.4, -0.2) is 27.9 Å². The number of hydrogen-bond acceptors (Lipinski definition) is 5. The number of fused-ring (bicyclic) bond motifs is 1. The highest BCUT2D eigenvalue weighted by Gasteiger charge is 2.42. The second-order valence-electron chi connectivity index (χ2n) is 10.4. The van der Waals surface area contributed by atoms with Crippen LogP contribution < -0.4 is 5.32 Å². The number of esters is 1. The molecule has 3 N–H and O–H groups in total. The Morgan fingerprint density at radius 2 is 1.89 bits per heavy atom. The van der Waals surface area contributed by atoms with Gasteiger partial charge < -0.3 is 20.1 Å². The first-order valence-electron chi connectivity index (χ1n) is 13.4. The maximum absolute atomic E-state index is 13.9. The third-order valence-electron chi connectivity index (χ3n) is 8.13. The van der Waals surface area contributed by atoms with E-state index in [1.54, 1.807) is 18.2 Å². The summed E-state index contributed by atoms with van der Waals surface area (Å²) >= 11 is 0. The summed E-state index contributed by atoms with van der Waals surface area (Å²) in [6.45, 7) is 2.01. The number of phenols is 1. The van der Waals surface area contributed by atoms with Crippen molar-refractivity contribution in [1.29, 1.82) is 0 Å². The van der Waals surface area contributed by atoms with E-state index in [0.717, 1.165) is 59.1 Å². The van der Waals surface area contributed by atoms with Crippen molar-refractivity contribution in [3.63, 3.8) is 0 Å². The Balaban J connectivity index is 1.43. The van der Waals surface area contributed by atoms with E-state index in [-0.39, 0.29) is 29.5 Å². The molecule has 0 spiro atoms. The molecule has 1 saturated carbocycles. The predicted molar refractivity (Wildman–Crippen MR) is 142 cm³/mol. The van der Waals surface area contributed by atoms with Gasteiger partial charge in [0.2, 0.25) is 0 Å². The van der Waals surface area contributed by atoms with E-state index in [1.807, 2.05) is 37.4 Å². The number of para-hydroxylation sites is 1. The van der Waals surface area contributed by atoms with Gasteiger partial charge in [0, 0.05) is 46.4 Å². The Bertz CT molecular complexity index is 1440. The van der Waals surface area contributed by atoms with Gasteiger partial charge in [0.15, 0.2) is 5.78 Å². The summed E-state index contributed by atoms with van der Waals surface area (Å²) in [6.07, 6.45) is 7.47. The minimum Gasteiger partial charge on any atom is -0.508 e. The molecule has 0 amide bonds. The van der Waals surface area contributed by atoms with Gasteiger partial charge in [-0.3, -0.25) is 4.79 Å². The van der Waals surface area contributed by atoms with E-state index in [2.05, 4.69) is 16.4 Å². The van der Waals surface area contributed by atoms with Crippen molar-refractivity contribution in [2.45, 2.75) is 69.8 Å². The minimum absolute atomic E-state index is 0.0266. The number of nitrogens with one attached hydrogen (secondary N) is 2. The topological polar surface area (TPSA) is 91.4 Å². The fourth-order valence-electron chi connectivity index (χ4n) is 6.38. The van der Waals surface area contributed by atoms with Crippen LogP contribution in [0, 0.1) is 0 Å². The molecule has 37 heavy (non-hydrogen) atoms. The largest absolute Gasteiger partial charge is 0.508 e. The van der Waals surface area contributed by atoms with Gasteiger partial charge in [-0.05, 0) is 73.8 Å². The summed E-state index contributed by atoms with van der Waals surface area (Å²) in [4.78, 5) is 30.9. The monoisotopic (exact) mass is 496 g/mol. The summed E-state index contributed by atoms with van der Waals surface area (Å²) in [6, 6.07) is 15.1. The number of rotatable bonds is 5. The number of ether oxygens (including phenoxy) is 1. The lowest BCUT2D eigenvalue weighted by Crippen LogP contribution is -2.37. The molecule has 2 aliphatic carbocycles. The zero-order valence-electron chi connectivity index (χ0n) is 21.0. The smallest absolute Gasteiger partial charge is 0.337 e. The van der Waals surface area contributed by atoms with Crippen molar-refractivity contribution in [2.75, 3.05) is 0 Å². The van der Waals surface area contributed by atoms with Crippen LogP contribution in [0.25, 0.3) is 10.9 Å². The van der Waals surface area contributed by atoms with Gasteiger partial charge >= 0.3 is 5.97 Å². The van der Waals surface area contributed by atoms with Gasteiger partial charge in [-0.2, -0.15) is 0 Å². The Kier molecular flexibility index (Phi) is 6.11. The molecule has 6 heteroatoms. The zero-order valence-corrected chi connectivity index (χ0v) is 21.0. The average molecular weight is 497 g/mol. The Morgan fingerprint density at radius 1 is 1.08 bits per heavy atom. The quantitative estimate of drug-likeness (QED) is 0.371. The molecule has 3 aromatic rings. The van der Waals surface area contributed by atoms with Crippen molar-refractivity contribution in [3.8, 4) is 5.75 Å². The van der Waals surface area contributed by atoms with Crippen molar-refractivity contribution in [3.05, 3.63) is 88.4 Å². The van der Waals surface area contributed by atoms with E-state index in [9.17, 15) is 14.7 Å². The number of benzene rings is 2.